The normalized spacial score (nSPS) is 11.7. The summed E-state index contributed by atoms with van der Waals surface area (Å²) < 4.78 is 10.4. The van der Waals surface area contributed by atoms with E-state index in [2.05, 4.69) is 31.4 Å². The van der Waals surface area contributed by atoms with Crippen LogP contribution in [0.5, 0.6) is 5.75 Å². The number of methoxy groups -OCH3 is 1. The largest absolute Gasteiger partial charge is 0.496 e. The van der Waals surface area contributed by atoms with Gasteiger partial charge in [0.15, 0.2) is 0 Å². The van der Waals surface area contributed by atoms with Crippen LogP contribution in [-0.2, 0) is 11.2 Å². The number of carbonyl (C=O) groups excluding carboxylic acids is 1. The van der Waals surface area contributed by atoms with Crippen LogP contribution in [0.1, 0.15) is 22.8 Å². The van der Waals surface area contributed by atoms with Crippen LogP contribution in [0.2, 0.25) is 19.6 Å². The average Bonchev–Trinajstić information content (AvgIpc) is 2.37. The highest BCUT2D eigenvalue weighted by Gasteiger charge is 2.17. The van der Waals surface area contributed by atoms with E-state index in [-0.39, 0.29) is 5.97 Å². The van der Waals surface area contributed by atoms with Crippen LogP contribution in [0, 0.1) is 0 Å². The molecule has 110 valence electrons. The van der Waals surface area contributed by atoms with Gasteiger partial charge in [-0.3, -0.25) is 0 Å². The van der Waals surface area contributed by atoms with Crippen molar-refractivity contribution in [2.45, 2.75) is 33.0 Å². The van der Waals surface area contributed by atoms with E-state index in [0.29, 0.717) is 17.9 Å². The molecule has 0 radical (unpaired) electrons. The van der Waals surface area contributed by atoms with Gasteiger partial charge in [-0.05, 0) is 25.0 Å². The molecule has 0 N–H and O–H groups in total. The highest BCUT2D eigenvalue weighted by atomic mass is 28.3. The number of hydrogen-bond donors (Lipinski definition) is 0. The van der Waals surface area contributed by atoms with E-state index in [1.54, 1.807) is 20.1 Å². The minimum atomic E-state index is -1.22. The summed E-state index contributed by atoms with van der Waals surface area (Å²) in [5, 5.41) is 0. The van der Waals surface area contributed by atoms with Gasteiger partial charge in [0.1, 0.15) is 11.3 Å². The van der Waals surface area contributed by atoms with E-state index in [9.17, 15) is 4.79 Å². The number of hydrogen-bond acceptors (Lipinski definition) is 3. The van der Waals surface area contributed by atoms with Crippen molar-refractivity contribution in [3.05, 3.63) is 41.1 Å². The van der Waals surface area contributed by atoms with E-state index in [1.807, 2.05) is 12.1 Å². The first-order valence-corrected chi connectivity index (χ1v) is 10.5. The van der Waals surface area contributed by atoms with E-state index in [1.165, 1.54) is 0 Å². The summed E-state index contributed by atoms with van der Waals surface area (Å²) in [6.45, 7) is 9.00. The predicted molar refractivity (Wildman–Crippen MR) is 85.1 cm³/mol. The Morgan fingerprint density at radius 1 is 1.30 bits per heavy atom. The molecule has 0 aromatic heterocycles. The van der Waals surface area contributed by atoms with Crippen LogP contribution in [0.4, 0.5) is 0 Å². The Morgan fingerprint density at radius 3 is 2.55 bits per heavy atom. The molecule has 1 rings (SSSR count). The highest BCUT2D eigenvalue weighted by molar-refractivity contribution is 6.80. The van der Waals surface area contributed by atoms with Crippen LogP contribution >= 0.6 is 0 Å². The standard InChI is InChI=1S/C16H24O3Si/c1-6-19-16(17)15-13(9-7-11-14(15)18-2)10-8-12-20(3,4)5/h7-9,11-12H,6,10H2,1-5H3/b12-8+. The Labute approximate surface area is 122 Å². The molecular weight excluding hydrogens is 268 g/mol. The van der Waals surface area contributed by atoms with Gasteiger partial charge in [-0.15, -0.1) is 0 Å². The molecule has 0 saturated carbocycles. The first-order chi connectivity index (χ1) is 9.39. The fourth-order valence-electron chi connectivity index (χ4n) is 1.89. The van der Waals surface area contributed by atoms with Gasteiger partial charge in [0.2, 0.25) is 0 Å². The number of ether oxygens (including phenoxy) is 2. The maximum atomic E-state index is 12.1. The van der Waals surface area contributed by atoms with Gasteiger partial charge in [0, 0.05) is 0 Å². The maximum absolute atomic E-state index is 12.1. The molecule has 0 unspecified atom stereocenters. The van der Waals surface area contributed by atoms with Crippen molar-refractivity contribution in [1.29, 1.82) is 0 Å². The molecule has 3 nitrogen and oxygen atoms in total. The molecule has 1 aromatic rings. The zero-order valence-electron chi connectivity index (χ0n) is 13.0. The molecule has 0 aliphatic rings. The first kappa shape index (κ1) is 16.5. The minimum absolute atomic E-state index is 0.318. The Morgan fingerprint density at radius 2 is 2.00 bits per heavy atom. The fraction of sp³-hybridized carbons (Fsp3) is 0.438. The Balaban J connectivity index is 3.06. The molecule has 0 aliphatic heterocycles. The van der Waals surface area contributed by atoms with Gasteiger partial charge in [-0.25, -0.2) is 4.79 Å². The van der Waals surface area contributed by atoms with Crippen molar-refractivity contribution in [3.63, 3.8) is 0 Å². The second-order valence-corrected chi connectivity index (χ2v) is 10.8. The lowest BCUT2D eigenvalue weighted by molar-refractivity contribution is 0.0521. The third-order valence-corrected chi connectivity index (χ3v) is 4.00. The number of carbonyl (C=O) groups is 1. The number of rotatable bonds is 6. The first-order valence-electron chi connectivity index (χ1n) is 6.89. The van der Waals surface area contributed by atoms with Crippen molar-refractivity contribution in [1.82, 2.24) is 0 Å². The lowest BCUT2D eigenvalue weighted by Crippen LogP contribution is -2.15. The summed E-state index contributed by atoms with van der Waals surface area (Å²) in [6, 6.07) is 5.64. The second-order valence-electron chi connectivity index (χ2n) is 5.69. The van der Waals surface area contributed by atoms with Crippen molar-refractivity contribution < 1.29 is 14.3 Å². The van der Waals surface area contributed by atoms with E-state index < -0.39 is 8.07 Å². The summed E-state index contributed by atoms with van der Waals surface area (Å²) in [4.78, 5) is 12.1. The zero-order chi connectivity index (χ0) is 15.2. The maximum Gasteiger partial charge on any atom is 0.342 e. The summed E-state index contributed by atoms with van der Waals surface area (Å²) in [7, 11) is 0.348. The molecule has 0 amide bonds. The average molecular weight is 292 g/mol. The molecule has 1 aromatic carbocycles. The third kappa shape index (κ3) is 4.85. The van der Waals surface area contributed by atoms with Gasteiger partial charge in [-0.2, -0.15) is 0 Å². The molecule has 0 heterocycles. The van der Waals surface area contributed by atoms with E-state index >= 15 is 0 Å². The van der Waals surface area contributed by atoms with E-state index in [4.69, 9.17) is 9.47 Å². The second kappa shape index (κ2) is 7.29. The Hall–Kier alpha value is -1.55. The Kier molecular flexibility index (Phi) is 6.01. The number of allylic oxidation sites excluding steroid dienone is 1. The number of benzene rings is 1. The van der Waals surface area contributed by atoms with Crippen LogP contribution in [0.15, 0.2) is 30.0 Å². The van der Waals surface area contributed by atoms with Gasteiger partial charge < -0.3 is 9.47 Å². The van der Waals surface area contributed by atoms with Crippen molar-refractivity contribution >= 4 is 14.0 Å². The fourth-order valence-corrected chi connectivity index (χ4v) is 2.72. The molecule has 4 heteroatoms. The lowest BCUT2D eigenvalue weighted by atomic mass is 10.0. The summed E-state index contributed by atoms with van der Waals surface area (Å²) >= 11 is 0. The molecule has 20 heavy (non-hydrogen) atoms. The molecule has 0 fully saturated rings. The molecule has 0 spiro atoms. The van der Waals surface area contributed by atoms with Crippen LogP contribution in [0.25, 0.3) is 0 Å². The lowest BCUT2D eigenvalue weighted by Gasteiger charge is -2.12. The summed E-state index contributed by atoms with van der Waals surface area (Å²) in [5.41, 5.74) is 3.76. The van der Waals surface area contributed by atoms with Gasteiger partial charge in [0.25, 0.3) is 0 Å². The van der Waals surface area contributed by atoms with Gasteiger partial charge in [0.05, 0.1) is 21.8 Å². The Bertz CT molecular complexity index is 487. The van der Waals surface area contributed by atoms with Crippen LogP contribution < -0.4 is 4.74 Å². The smallest absolute Gasteiger partial charge is 0.342 e. The van der Waals surface area contributed by atoms with Gasteiger partial charge >= 0.3 is 5.97 Å². The van der Waals surface area contributed by atoms with Crippen LogP contribution in [0.3, 0.4) is 0 Å². The topological polar surface area (TPSA) is 35.5 Å². The monoisotopic (exact) mass is 292 g/mol. The highest BCUT2D eigenvalue weighted by Crippen LogP contribution is 2.24. The molecular formula is C16H24O3Si. The van der Waals surface area contributed by atoms with Gasteiger partial charge in [-0.1, -0.05) is 43.5 Å². The number of esters is 1. The molecule has 0 saturated heterocycles. The van der Waals surface area contributed by atoms with Crippen LogP contribution in [-0.4, -0.2) is 27.8 Å². The van der Waals surface area contributed by atoms with E-state index in [0.717, 1.165) is 12.0 Å². The molecule has 0 bridgehead atoms. The molecule has 0 aliphatic carbocycles. The van der Waals surface area contributed by atoms with Crippen molar-refractivity contribution in [2.24, 2.45) is 0 Å². The SMILES string of the molecule is CCOC(=O)c1c(C/C=C/[Si](C)(C)C)cccc1OC. The van der Waals surface area contributed by atoms with Crippen molar-refractivity contribution in [2.75, 3.05) is 13.7 Å². The molecule has 0 atom stereocenters. The third-order valence-electron chi connectivity index (χ3n) is 2.77. The minimum Gasteiger partial charge on any atom is -0.496 e. The summed E-state index contributed by atoms with van der Waals surface area (Å²) in [5.74, 6) is 0.253. The predicted octanol–water partition coefficient (Wildman–Crippen LogP) is 3.85. The van der Waals surface area contributed by atoms with Crippen molar-refractivity contribution in [3.8, 4) is 5.75 Å². The quantitative estimate of drug-likeness (QED) is 0.590. The summed E-state index contributed by atoms with van der Waals surface area (Å²) in [6.07, 6.45) is 2.86. The zero-order valence-corrected chi connectivity index (χ0v) is 14.0.